The first-order valence-corrected chi connectivity index (χ1v) is 7.95. The summed E-state index contributed by atoms with van der Waals surface area (Å²) in [5.74, 6) is 0.736. The number of amides is 1. The van der Waals surface area contributed by atoms with E-state index in [0.29, 0.717) is 11.8 Å². The number of hydrogen-bond donors (Lipinski definition) is 0. The highest BCUT2D eigenvalue weighted by molar-refractivity contribution is 5.81. The molecule has 2 heterocycles. The molecule has 4 heteroatoms. The molecule has 0 N–H and O–H groups in total. The van der Waals surface area contributed by atoms with E-state index >= 15 is 0 Å². The summed E-state index contributed by atoms with van der Waals surface area (Å²) in [7, 11) is 0. The zero-order valence-electron chi connectivity index (χ0n) is 12.6. The van der Waals surface area contributed by atoms with Crippen molar-refractivity contribution in [2.75, 3.05) is 13.1 Å². The zero-order chi connectivity index (χ0) is 14.2. The van der Waals surface area contributed by atoms with E-state index in [1.165, 1.54) is 5.56 Å². The molecular formula is C16H25N3O. The van der Waals surface area contributed by atoms with Crippen molar-refractivity contribution in [2.45, 2.75) is 57.9 Å². The number of aryl methyl sites for hydroxylation is 1. The summed E-state index contributed by atoms with van der Waals surface area (Å²) < 4.78 is 2.14. The molecule has 0 radical (unpaired) electrons. The summed E-state index contributed by atoms with van der Waals surface area (Å²) >= 11 is 0. The first kappa shape index (κ1) is 13.7. The molecule has 2 fully saturated rings. The maximum absolute atomic E-state index is 12.1. The quantitative estimate of drug-likeness (QED) is 0.847. The van der Waals surface area contributed by atoms with E-state index in [1.807, 2.05) is 6.20 Å². The van der Waals surface area contributed by atoms with Gasteiger partial charge in [-0.1, -0.05) is 13.3 Å². The van der Waals surface area contributed by atoms with E-state index < -0.39 is 0 Å². The average Bonchev–Trinajstić information content (AvgIpc) is 3.19. The minimum absolute atomic E-state index is 0.0757. The van der Waals surface area contributed by atoms with Crippen LogP contribution in [0.25, 0.3) is 0 Å². The number of carbonyl (C=O) groups excluding carboxylic acids is 1. The second kappa shape index (κ2) is 5.23. The molecular weight excluding hydrogens is 250 g/mol. The molecule has 3 rings (SSSR count). The Morgan fingerprint density at radius 2 is 2.10 bits per heavy atom. The smallest absolute Gasteiger partial charge is 0.225 e. The average molecular weight is 275 g/mol. The Hall–Kier alpha value is -1.32. The van der Waals surface area contributed by atoms with Crippen LogP contribution in [0.3, 0.4) is 0 Å². The van der Waals surface area contributed by atoms with Gasteiger partial charge in [0.2, 0.25) is 5.91 Å². The minimum atomic E-state index is 0.0757. The Morgan fingerprint density at radius 3 is 2.70 bits per heavy atom. The fourth-order valence-corrected chi connectivity index (χ4v) is 3.10. The third-order valence-electron chi connectivity index (χ3n) is 4.81. The van der Waals surface area contributed by atoms with E-state index in [1.54, 1.807) is 0 Å². The lowest BCUT2D eigenvalue weighted by atomic mass is 9.89. The molecule has 1 aliphatic carbocycles. The number of hydrogen-bond acceptors (Lipinski definition) is 2. The Labute approximate surface area is 121 Å². The van der Waals surface area contributed by atoms with E-state index in [2.05, 4.69) is 34.7 Å². The number of nitrogens with zero attached hydrogens (tertiary/aromatic N) is 3. The molecule has 0 atom stereocenters. The van der Waals surface area contributed by atoms with Gasteiger partial charge < -0.3 is 4.90 Å². The van der Waals surface area contributed by atoms with Crippen LogP contribution < -0.4 is 0 Å². The molecule has 1 saturated carbocycles. The monoisotopic (exact) mass is 275 g/mol. The van der Waals surface area contributed by atoms with Gasteiger partial charge >= 0.3 is 0 Å². The Kier molecular flexibility index (Phi) is 3.57. The van der Waals surface area contributed by atoms with Gasteiger partial charge in [-0.2, -0.15) is 5.10 Å². The van der Waals surface area contributed by atoms with Crippen molar-refractivity contribution in [1.29, 1.82) is 0 Å². The Balaban J connectivity index is 1.63. The van der Waals surface area contributed by atoms with Crippen LogP contribution in [0, 0.1) is 5.92 Å². The molecule has 1 amide bonds. The van der Waals surface area contributed by atoms with Crippen molar-refractivity contribution >= 4 is 5.91 Å². The van der Waals surface area contributed by atoms with E-state index in [4.69, 9.17) is 0 Å². The van der Waals surface area contributed by atoms with Crippen LogP contribution in [0.15, 0.2) is 12.4 Å². The van der Waals surface area contributed by atoms with Crippen LogP contribution in [0.2, 0.25) is 0 Å². The fourth-order valence-electron chi connectivity index (χ4n) is 3.10. The van der Waals surface area contributed by atoms with Crippen LogP contribution >= 0.6 is 0 Å². The van der Waals surface area contributed by atoms with E-state index in [-0.39, 0.29) is 5.54 Å². The molecule has 0 bridgehead atoms. The summed E-state index contributed by atoms with van der Waals surface area (Å²) in [4.78, 5) is 14.2. The van der Waals surface area contributed by atoms with Crippen molar-refractivity contribution in [2.24, 2.45) is 5.92 Å². The minimum Gasteiger partial charge on any atom is -0.342 e. The van der Waals surface area contributed by atoms with Crippen molar-refractivity contribution in [1.82, 2.24) is 14.7 Å². The number of carbonyl (C=O) groups is 1. The predicted octanol–water partition coefficient (Wildman–Crippen LogP) is 2.58. The summed E-state index contributed by atoms with van der Waals surface area (Å²) in [6, 6.07) is 0. The second-order valence-corrected chi connectivity index (χ2v) is 6.64. The highest BCUT2D eigenvalue weighted by Crippen LogP contribution is 2.35. The second-order valence-electron chi connectivity index (χ2n) is 6.64. The number of piperidine rings is 1. The maximum Gasteiger partial charge on any atom is 0.225 e. The lowest BCUT2D eigenvalue weighted by Crippen LogP contribution is -2.47. The molecule has 1 aliphatic heterocycles. The van der Waals surface area contributed by atoms with Gasteiger partial charge in [0.05, 0.1) is 11.7 Å². The van der Waals surface area contributed by atoms with Crippen molar-refractivity contribution < 1.29 is 4.79 Å². The highest BCUT2D eigenvalue weighted by Gasteiger charge is 2.38. The summed E-state index contributed by atoms with van der Waals surface area (Å²) in [5.41, 5.74) is 1.40. The van der Waals surface area contributed by atoms with Crippen LogP contribution in [0.5, 0.6) is 0 Å². The van der Waals surface area contributed by atoms with Gasteiger partial charge in [0.1, 0.15) is 0 Å². The molecule has 110 valence electrons. The van der Waals surface area contributed by atoms with Gasteiger partial charge in [0, 0.05) is 25.2 Å². The van der Waals surface area contributed by atoms with E-state index in [0.717, 1.165) is 51.6 Å². The first-order chi connectivity index (χ1) is 9.62. The lowest BCUT2D eigenvalue weighted by molar-refractivity contribution is -0.134. The molecule has 20 heavy (non-hydrogen) atoms. The van der Waals surface area contributed by atoms with Crippen LogP contribution in [-0.2, 0) is 16.8 Å². The normalized spacial score (nSPS) is 22.0. The Bertz CT molecular complexity index is 482. The molecule has 0 unspecified atom stereocenters. The number of rotatable bonds is 4. The van der Waals surface area contributed by atoms with Gasteiger partial charge in [-0.25, -0.2) is 0 Å². The standard InChI is InChI=1S/C16H25N3O/c1-3-4-13-11-17-19(12-13)16(2)7-9-18(10-8-16)15(20)14-5-6-14/h11-12,14H,3-10H2,1-2H3. The third-order valence-corrected chi connectivity index (χ3v) is 4.81. The van der Waals surface area contributed by atoms with Gasteiger partial charge in [-0.3, -0.25) is 9.48 Å². The van der Waals surface area contributed by atoms with Crippen LogP contribution in [0.4, 0.5) is 0 Å². The fraction of sp³-hybridized carbons (Fsp3) is 0.750. The largest absolute Gasteiger partial charge is 0.342 e. The number of likely N-dealkylation sites (tertiary alicyclic amines) is 1. The SMILES string of the molecule is CCCc1cnn(C2(C)CCN(C(=O)C3CC3)CC2)c1. The van der Waals surface area contributed by atoms with Crippen molar-refractivity contribution in [3.8, 4) is 0 Å². The summed E-state index contributed by atoms with van der Waals surface area (Å²) in [6.07, 6.45) is 10.7. The van der Waals surface area contributed by atoms with Gasteiger partial charge in [0.15, 0.2) is 0 Å². The third kappa shape index (κ3) is 2.60. The lowest BCUT2D eigenvalue weighted by Gasteiger charge is -2.39. The number of aromatic nitrogens is 2. The topological polar surface area (TPSA) is 38.1 Å². The van der Waals surface area contributed by atoms with Crippen molar-refractivity contribution in [3.63, 3.8) is 0 Å². The molecule has 1 saturated heterocycles. The van der Waals surface area contributed by atoms with Gasteiger partial charge in [-0.05, 0) is 44.6 Å². The molecule has 1 aromatic rings. The Morgan fingerprint density at radius 1 is 1.40 bits per heavy atom. The van der Waals surface area contributed by atoms with Crippen LogP contribution in [-0.4, -0.2) is 33.7 Å². The highest BCUT2D eigenvalue weighted by atomic mass is 16.2. The molecule has 4 nitrogen and oxygen atoms in total. The molecule has 2 aliphatic rings. The summed E-state index contributed by atoms with van der Waals surface area (Å²) in [5, 5.41) is 4.56. The predicted molar refractivity (Wildman–Crippen MR) is 78.4 cm³/mol. The molecule has 0 spiro atoms. The first-order valence-electron chi connectivity index (χ1n) is 7.95. The zero-order valence-corrected chi connectivity index (χ0v) is 12.6. The van der Waals surface area contributed by atoms with Crippen molar-refractivity contribution in [3.05, 3.63) is 18.0 Å². The summed E-state index contributed by atoms with van der Waals surface area (Å²) in [6.45, 7) is 6.24. The molecule has 1 aromatic heterocycles. The maximum atomic E-state index is 12.1. The van der Waals surface area contributed by atoms with Gasteiger partial charge in [-0.15, -0.1) is 0 Å². The van der Waals surface area contributed by atoms with Crippen LogP contribution in [0.1, 0.15) is 51.5 Å². The van der Waals surface area contributed by atoms with E-state index in [9.17, 15) is 4.79 Å². The van der Waals surface area contributed by atoms with Gasteiger partial charge in [0.25, 0.3) is 0 Å². The molecule has 0 aromatic carbocycles.